The number of amides is 1. The van der Waals surface area contributed by atoms with Crippen molar-refractivity contribution in [3.05, 3.63) is 40.9 Å². The predicted molar refractivity (Wildman–Crippen MR) is 82.3 cm³/mol. The van der Waals surface area contributed by atoms with Crippen LogP contribution < -0.4 is 5.32 Å². The summed E-state index contributed by atoms with van der Waals surface area (Å²) < 4.78 is 5.07. The average molecular weight is 308 g/mol. The molecule has 112 valence electrons. The maximum Gasteiger partial charge on any atom is 0.309 e. The molecule has 1 aromatic carbocycles. The number of nitrogens with one attached hydrogen (secondary N) is 1. The van der Waals surface area contributed by atoms with Gasteiger partial charge in [-0.2, -0.15) is 0 Å². The molecule has 1 aromatic rings. The van der Waals surface area contributed by atoms with Crippen molar-refractivity contribution < 1.29 is 14.3 Å². The number of hydrogen-bond donors (Lipinski definition) is 1. The van der Waals surface area contributed by atoms with Crippen molar-refractivity contribution in [3.63, 3.8) is 0 Å². The molecular formula is C16H18ClNO3. The third-order valence-electron chi connectivity index (χ3n) is 3.49. The van der Waals surface area contributed by atoms with Crippen LogP contribution in [0.4, 0.5) is 5.69 Å². The highest BCUT2D eigenvalue weighted by Gasteiger charge is 2.21. The summed E-state index contributed by atoms with van der Waals surface area (Å²) in [7, 11) is 0. The summed E-state index contributed by atoms with van der Waals surface area (Å²) in [4.78, 5) is 23.6. The number of carbonyl (C=O) groups excluding carboxylic acids is 2. The number of anilines is 1. The van der Waals surface area contributed by atoms with Gasteiger partial charge in [-0.05, 0) is 43.9 Å². The number of esters is 1. The van der Waals surface area contributed by atoms with E-state index in [1.54, 1.807) is 18.2 Å². The molecule has 1 aliphatic rings. The lowest BCUT2D eigenvalue weighted by Gasteiger charge is -2.16. The Kier molecular flexibility index (Phi) is 5.39. The molecule has 5 heteroatoms. The Hall–Kier alpha value is -1.81. The molecule has 1 atom stereocenters. The lowest BCUT2D eigenvalue weighted by molar-refractivity contribution is -0.151. The minimum atomic E-state index is -0.361. The van der Waals surface area contributed by atoms with Crippen molar-refractivity contribution in [2.75, 3.05) is 11.9 Å². The van der Waals surface area contributed by atoms with E-state index in [4.69, 9.17) is 16.3 Å². The minimum Gasteiger partial charge on any atom is -0.455 e. The van der Waals surface area contributed by atoms with Gasteiger partial charge in [0.05, 0.1) is 5.92 Å². The molecule has 0 spiro atoms. The molecule has 4 nitrogen and oxygen atoms in total. The standard InChI is InChI=1S/C16H18ClNO3/c1-11-13(17)8-5-9-14(11)18-15(19)10-21-16(20)12-6-3-2-4-7-12/h2-3,5,8-9,12H,4,6-7,10H2,1H3,(H,18,19). The first-order valence-electron chi connectivity index (χ1n) is 6.94. The van der Waals surface area contributed by atoms with Gasteiger partial charge < -0.3 is 10.1 Å². The Bertz CT molecular complexity index is 569. The summed E-state index contributed by atoms with van der Waals surface area (Å²) in [5, 5.41) is 3.28. The zero-order chi connectivity index (χ0) is 15.2. The smallest absolute Gasteiger partial charge is 0.309 e. The van der Waals surface area contributed by atoms with Crippen LogP contribution in [-0.2, 0) is 14.3 Å². The first-order chi connectivity index (χ1) is 10.1. The van der Waals surface area contributed by atoms with Gasteiger partial charge in [-0.15, -0.1) is 0 Å². The molecule has 0 fully saturated rings. The third-order valence-corrected chi connectivity index (χ3v) is 3.90. The first-order valence-corrected chi connectivity index (χ1v) is 7.32. The van der Waals surface area contributed by atoms with Gasteiger partial charge in [-0.25, -0.2) is 0 Å². The van der Waals surface area contributed by atoms with Crippen molar-refractivity contribution >= 4 is 29.2 Å². The van der Waals surface area contributed by atoms with E-state index in [0.29, 0.717) is 17.1 Å². The lowest BCUT2D eigenvalue weighted by atomic mass is 9.95. The highest BCUT2D eigenvalue weighted by atomic mass is 35.5. The molecule has 1 N–H and O–H groups in total. The highest BCUT2D eigenvalue weighted by molar-refractivity contribution is 6.31. The normalized spacial score (nSPS) is 17.3. The van der Waals surface area contributed by atoms with E-state index in [0.717, 1.165) is 18.4 Å². The number of hydrogen-bond acceptors (Lipinski definition) is 3. The van der Waals surface area contributed by atoms with Crippen molar-refractivity contribution in [3.8, 4) is 0 Å². The van der Waals surface area contributed by atoms with Gasteiger partial charge >= 0.3 is 5.97 Å². The van der Waals surface area contributed by atoms with Crippen molar-refractivity contribution in [1.82, 2.24) is 0 Å². The zero-order valence-corrected chi connectivity index (χ0v) is 12.7. The fourth-order valence-electron chi connectivity index (χ4n) is 2.19. The van der Waals surface area contributed by atoms with Crippen LogP contribution in [0.2, 0.25) is 5.02 Å². The largest absolute Gasteiger partial charge is 0.455 e. The number of ether oxygens (including phenoxy) is 1. The Morgan fingerprint density at radius 2 is 2.19 bits per heavy atom. The summed E-state index contributed by atoms with van der Waals surface area (Å²) in [6.07, 6.45) is 6.38. The van der Waals surface area contributed by atoms with Crippen LogP contribution in [0.1, 0.15) is 24.8 Å². The van der Waals surface area contributed by atoms with Crippen LogP contribution >= 0.6 is 11.6 Å². The third kappa shape index (κ3) is 4.33. The van der Waals surface area contributed by atoms with Crippen molar-refractivity contribution in [2.45, 2.75) is 26.2 Å². The minimum absolute atomic E-state index is 0.129. The van der Waals surface area contributed by atoms with Gasteiger partial charge in [-0.3, -0.25) is 9.59 Å². The average Bonchev–Trinajstić information content (AvgIpc) is 2.50. The fraction of sp³-hybridized carbons (Fsp3) is 0.375. The van der Waals surface area contributed by atoms with Crippen LogP contribution in [0.5, 0.6) is 0 Å². The van der Waals surface area contributed by atoms with Gasteiger partial charge in [-0.1, -0.05) is 29.8 Å². The number of rotatable bonds is 4. The topological polar surface area (TPSA) is 55.4 Å². The SMILES string of the molecule is Cc1c(Cl)cccc1NC(=O)COC(=O)C1CC=CCC1. The molecule has 1 aliphatic carbocycles. The molecule has 0 saturated heterocycles. The zero-order valence-electron chi connectivity index (χ0n) is 11.9. The molecule has 0 aromatic heterocycles. The summed E-state index contributed by atoms with van der Waals surface area (Å²) in [6, 6.07) is 5.27. The van der Waals surface area contributed by atoms with E-state index in [2.05, 4.69) is 11.4 Å². The second kappa shape index (κ2) is 7.27. The summed E-state index contributed by atoms with van der Waals surface area (Å²) in [5.41, 5.74) is 1.42. The Labute approximate surface area is 129 Å². The Morgan fingerprint density at radius 1 is 1.38 bits per heavy atom. The van der Waals surface area contributed by atoms with Crippen LogP contribution in [0.15, 0.2) is 30.4 Å². The second-order valence-corrected chi connectivity index (χ2v) is 5.46. The molecular weight excluding hydrogens is 290 g/mol. The van der Waals surface area contributed by atoms with Crippen LogP contribution in [0.25, 0.3) is 0 Å². The van der Waals surface area contributed by atoms with E-state index < -0.39 is 0 Å². The highest BCUT2D eigenvalue weighted by Crippen LogP contribution is 2.23. The van der Waals surface area contributed by atoms with Crippen LogP contribution in [-0.4, -0.2) is 18.5 Å². The van der Waals surface area contributed by atoms with Gasteiger partial charge in [0.1, 0.15) is 0 Å². The predicted octanol–water partition coefficient (Wildman–Crippen LogP) is 3.49. The first kappa shape index (κ1) is 15.6. The van der Waals surface area contributed by atoms with Gasteiger partial charge in [0.2, 0.25) is 0 Å². The lowest BCUT2D eigenvalue weighted by Crippen LogP contribution is -2.25. The number of halogens is 1. The number of carbonyl (C=O) groups is 2. The molecule has 2 rings (SSSR count). The molecule has 0 aliphatic heterocycles. The summed E-state index contributed by atoms with van der Waals surface area (Å²) in [6.45, 7) is 1.54. The maximum atomic E-state index is 11.8. The van der Waals surface area contributed by atoms with E-state index in [-0.39, 0.29) is 24.4 Å². The molecule has 0 saturated carbocycles. The van der Waals surface area contributed by atoms with Crippen molar-refractivity contribution in [2.24, 2.45) is 5.92 Å². The second-order valence-electron chi connectivity index (χ2n) is 5.05. The Balaban J connectivity index is 1.83. The van der Waals surface area contributed by atoms with E-state index in [1.165, 1.54) is 0 Å². The van der Waals surface area contributed by atoms with Gasteiger partial charge in [0.15, 0.2) is 6.61 Å². The van der Waals surface area contributed by atoms with E-state index in [1.807, 2.05) is 13.0 Å². The monoisotopic (exact) mass is 307 g/mol. The molecule has 0 bridgehead atoms. The molecule has 0 heterocycles. The molecule has 0 radical (unpaired) electrons. The fourth-order valence-corrected chi connectivity index (χ4v) is 2.37. The van der Waals surface area contributed by atoms with Gasteiger partial charge in [0, 0.05) is 10.7 Å². The number of allylic oxidation sites excluding steroid dienone is 2. The van der Waals surface area contributed by atoms with Crippen LogP contribution in [0, 0.1) is 12.8 Å². The van der Waals surface area contributed by atoms with Gasteiger partial charge in [0.25, 0.3) is 5.91 Å². The summed E-state index contributed by atoms with van der Waals surface area (Å²) >= 11 is 5.98. The molecule has 21 heavy (non-hydrogen) atoms. The van der Waals surface area contributed by atoms with Crippen molar-refractivity contribution in [1.29, 1.82) is 0 Å². The molecule has 1 unspecified atom stereocenters. The molecule has 1 amide bonds. The van der Waals surface area contributed by atoms with E-state index >= 15 is 0 Å². The Morgan fingerprint density at radius 3 is 2.90 bits per heavy atom. The summed E-state index contributed by atoms with van der Waals surface area (Å²) in [5.74, 6) is -0.798. The number of benzene rings is 1. The van der Waals surface area contributed by atoms with E-state index in [9.17, 15) is 9.59 Å². The van der Waals surface area contributed by atoms with Crippen LogP contribution in [0.3, 0.4) is 0 Å². The maximum absolute atomic E-state index is 11.8. The quantitative estimate of drug-likeness (QED) is 0.684.